The standard InChI is InChI=1S/C43H40N2O9S/c1-50-37-18-9-30(10-19-37)27-45(36-17-22-39-35(25-36)23-24-44-42(39)54-29-32-11-20-38(51-2)21-12-32)55(48,49)40(33-13-15-34(16-14-33)43(47)52-3)26-41(46)53-28-31-7-5-4-6-8-31/h4-25,40H,26-29H2,1-3H3. The van der Waals surface area contributed by atoms with Crippen LogP contribution in [-0.2, 0) is 44.1 Å². The highest BCUT2D eigenvalue weighted by atomic mass is 32.2. The van der Waals surface area contributed by atoms with Gasteiger partial charge in [0.1, 0.15) is 30.0 Å². The summed E-state index contributed by atoms with van der Waals surface area (Å²) in [6, 6.07) is 36.7. The summed E-state index contributed by atoms with van der Waals surface area (Å²) in [5.74, 6) is 0.449. The van der Waals surface area contributed by atoms with Crippen molar-refractivity contribution in [3.8, 4) is 17.4 Å². The number of nitrogens with zero attached hydrogens (tertiary/aromatic N) is 2. The van der Waals surface area contributed by atoms with Gasteiger partial charge >= 0.3 is 11.9 Å². The summed E-state index contributed by atoms with van der Waals surface area (Å²) in [6.07, 6.45) is 1.11. The van der Waals surface area contributed by atoms with E-state index in [9.17, 15) is 9.59 Å². The predicted molar refractivity (Wildman–Crippen MR) is 209 cm³/mol. The first-order valence-corrected chi connectivity index (χ1v) is 18.9. The Balaban J connectivity index is 1.37. The van der Waals surface area contributed by atoms with Crippen LogP contribution in [0.25, 0.3) is 10.8 Å². The molecule has 0 amide bonds. The largest absolute Gasteiger partial charge is 0.497 e. The van der Waals surface area contributed by atoms with Crippen LogP contribution in [0.1, 0.15) is 44.3 Å². The summed E-state index contributed by atoms with van der Waals surface area (Å²) < 4.78 is 58.6. The van der Waals surface area contributed by atoms with Crippen LogP contribution < -0.4 is 18.5 Å². The number of hydrogen-bond acceptors (Lipinski definition) is 10. The molecule has 0 aliphatic rings. The van der Waals surface area contributed by atoms with Crippen molar-refractivity contribution >= 4 is 38.4 Å². The molecule has 5 aromatic carbocycles. The van der Waals surface area contributed by atoms with Gasteiger partial charge in [0.05, 0.1) is 45.5 Å². The molecular formula is C43H40N2O9S. The molecule has 0 saturated heterocycles. The highest BCUT2D eigenvalue weighted by Gasteiger charge is 2.36. The number of ether oxygens (including phenoxy) is 5. The number of rotatable bonds is 16. The molecule has 0 saturated carbocycles. The molecule has 6 rings (SSSR count). The van der Waals surface area contributed by atoms with Crippen molar-refractivity contribution in [1.29, 1.82) is 0 Å². The minimum absolute atomic E-state index is 0.0230. The molecule has 0 bridgehead atoms. The van der Waals surface area contributed by atoms with E-state index in [-0.39, 0.29) is 25.3 Å². The maximum atomic E-state index is 15.1. The second-order valence-corrected chi connectivity index (χ2v) is 14.6. The zero-order valence-corrected chi connectivity index (χ0v) is 31.4. The number of fused-ring (bicyclic) bond motifs is 1. The summed E-state index contributed by atoms with van der Waals surface area (Å²) in [7, 11) is 0.0187. The molecule has 0 radical (unpaired) electrons. The Labute approximate surface area is 320 Å². The van der Waals surface area contributed by atoms with Crippen LogP contribution in [0.5, 0.6) is 17.4 Å². The summed E-state index contributed by atoms with van der Waals surface area (Å²) in [5.41, 5.74) is 3.23. The SMILES string of the molecule is COC(=O)c1ccc(C(CC(=O)OCc2ccccc2)S(=O)(=O)N(Cc2ccc(OC)cc2)c2ccc3c(OCc4ccc(OC)cc4)nccc3c2)cc1. The van der Waals surface area contributed by atoms with Crippen molar-refractivity contribution in [2.24, 2.45) is 0 Å². The molecular weight excluding hydrogens is 721 g/mol. The highest BCUT2D eigenvalue weighted by Crippen LogP contribution is 2.37. The number of hydrogen-bond donors (Lipinski definition) is 0. The summed E-state index contributed by atoms with van der Waals surface area (Å²) in [5, 5.41) is -0.0216. The highest BCUT2D eigenvalue weighted by molar-refractivity contribution is 7.93. The van der Waals surface area contributed by atoms with Crippen molar-refractivity contribution in [3.05, 3.63) is 161 Å². The number of benzene rings is 5. The van der Waals surface area contributed by atoms with Gasteiger partial charge < -0.3 is 23.7 Å². The lowest BCUT2D eigenvalue weighted by Crippen LogP contribution is -2.35. The Bertz CT molecular complexity index is 2330. The third-order valence-electron chi connectivity index (χ3n) is 8.98. The lowest BCUT2D eigenvalue weighted by atomic mass is 10.1. The second kappa shape index (κ2) is 17.6. The maximum absolute atomic E-state index is 15.1. The van der Waals surface area contributed by atoms with Gasteiger partial charge in [0.2, 0.25) is 15.9 Å². The van der Waals surface area contributed by atoms with E-state index in [1.165, 1.54) is 35.7 Å². The summed E-state index contributed by atoms with van der Waals surface area (Å²) >= 11 is 0. The smallest absolute Gasteiger partial charge is 0.337 e. The molecule has 12 heteroatoms. The average Bonchev–Trinajstić information content (AvgIpc) is 3.23. The minimum Gasteiger partial charge on any atom is -0.497 e. The number of esters is 2. The number of pyridine rings is 1. The summed E-state index contributed by atoms with van der Waals surface area (Å²) in [4.78, 5) is 30.1. The van der Waals surface area contributed by atoms with Crippen molar-refractivity contribution in [1.82, 2.24) is 4.98 Å². The summed E-state index contributed by atoms with van der Waals surface area (Å²) in [6.45, 7) is 0.164. The van der Waals surface area contributed by atoms with Crippen molar-refractivity contribution < 1.29 is 41.7 Å². The number of sulfonamides is 1. The lowest BCUT2D eigenvalue weighted by Gasteiger charge is -2.30. The van der Waals surface area contributed by atoms with Gasteiger partial charge in [-0.15, -0.1) is 0 Å². The Morgan fingerprint density at radius 1 is 0.709 bits per heavy atom. The number of aromatic nitrogens is 1. The van der Waals surface area contributed by atoms with Crippen LogP contribution in [0.2, 0.25) is 0 Å². The zero-order valence-electron chi connectivity index (χ0n) is 30.6. The van der Waals surface area contributed by atoms with Gasteiger partial charge in [-0.2, -0.15) is 0 Å². The lowest BCUT2D eigenvalue weighted by molar-refractivity contribution is -0.145. The first-order chi connectivity index (χ1) is 26.7. The van der Waals surface area contributed by atoms with Gasteiger partial charge in [-0.05, 0) is 88.3 Å². The van der Waals surface area contributed by atoms with Gasteiger partial charge in [0.15, 0.2) is 0 Å². The molecule has 55 heavy (non-hydrogen) atoms. The average molecular weight is 761 g/mol. The fraction of sp³-hybridized carbons (Fsp3) is 0.186. The maximum Gasteiger partial charge on any atom is 0.337 e. The predicted octanol–water partition coefficient (Wildman–Crippen LogP) is 7.83. The zero-order chi connectivity index (χ0) is 38.8. The minimum atomic E-state index is -4.40. The van der Waals surface area contributed by atoms with Gasteiger partial charge in [-0.1, -0.05) is 66.7 Å². The Kier molecular flexibility index (Phi) is 12.3. The molecule has 1 atom stereocenters. The van der Waals surface area contributed by atoms with Crippen molar-refractivity contribution in [2.45, 2.75) is 31.4 Å². The first-order valence-electron chi connectivity index (χ1n) is 17.4. The fourth-order valence-electron chi connectivity index (χ4n) is 5.95. The molecule has 282 valence electrons. The topological polar surface area (TPSA) is 131 Å². The molecule has 1 aromatic heterocycles. The van der Waals surface area contributed by atoms with Gasteiger partial charge in [-0.3, -0.25) is 9.10 Å². The Morgan fingerprint density at radius 2 is 1.35 bits per heavy atom. The van der Waals surface area contributed by atoms with Crippen LogP contribution in [0, 0.1) is 0 Å². The van der Waals surface area contributed by atoms with Crippen molar-refractivity contribution in [3.63, 3.8) is 0 Å². The van der Waals surface area contributed by atoms with E-state index in [4.69, 9.17) is 23.7 Å². The van der Waals surface area contributed by atoms with E-state index in [0.717, 1.165) is 16.9 Å². The van der Waals surface area contributed by atoms with Crippen LogP contribution in [0.4, 0.5) is 5.69 Å². The Morgan fingerprint density at radius 3 is 1.98 bits per heavy atom. The van der Waals surface area contributed by atoms with Crippen molar-refractivity contribution in [2.75, 3.05) is 25.6 Å². The monoisotopic (exact) mass is 760 g/mol. The van der Waals surface area contributed by atoms with E-state index < -0.39 is 33.6 Å². The van der Waals surface area contributed by atoms with Gasteiger partial charge in [-0.25, -0.2) is 18.2 Å². The molecule has 0 spiro atoms. The second-order valence-electron chi connectivity index (χ2n) is 12.5. The number of methoxy groups -OCH3 is 3. The molecule has 0 fully saturated rings. The molecule has 11 nitrogen and oxygen atoms in total. The van der Waals surface area contributed by atoms with E-state index >= 15 is 8.42 Å². The number of carbonyl (C=O) groups is 2. The fourth-order valence-corrected chi connectivity index (χ4v) is 7.85. The van der Waals surface area contributed by atoms with E-state index in [2.05, 4.69) is 4.98 Å². The normalized spacial score (nSPS) is 11.7. The van der Waals surface area contributed by atoms with Crippen LogP contribution >= 0.6 is 0 Å². The first kappa shape index (κ1) is 38.3. The number of anilines is 1. The van der Waals surface area contributed by atoms with E-state index in [0.29, 0.717) is 39.2 Å². The van der Waals surface area contributed by atoms with Crippen LogP contribution in [0.3, 0.4) is 0 Å². The Hall–Kier alpha value is -6.40. The number of carbonyl (C=O) groups excluding carboxylic acids is 2. The molecule has 0 N–H and O–H groups in total. The van der Waals surface area contributed by atoms with E-state index in [1.807, 2.05) is 54.6 Å². The molecule has 1 heterocycles. The van der Waals surface area contributed by atoms with Crippen LogP contribution in [-0.4, -0.2) is 46.7 Å². The van der Waals surface area contributed by atoms with Gasteiger partial charge in [0.25, 0.3) is 0 Å². The molecule has 1 unspecified atom stereocenters. The quantitative estimate of drug-likeness (QED) is 0.0900. The molecule has 0 aliphatic heterocycles. The van der Waals surface area contributed by atoms with E-state index in [1.54, 1.807) is 68.9 Å². The van der Waals surface area contributed by atoms with Gasteiger partial charge in [0, 0.05) is 11.6 Å². The molecule has 6 aromatic rings. The van der Waals surface area contributed by atoms with Crippen LogP contribution in [0.15, 0.2) is 134 Å². The molecule has 0 aliphatic carbocycles. The third-order valence-corrected chi connectivity index (χ3v) is 11.1. The third kappa shape index (κ3) is 9.40.